The van der Waals surface area contributed by atoms with Gasteiger partial charge in [0.25, 0.3) is 0 Å². The van der Waals surface area contributed by atoms with E-state index in [-0.39, 0.29) is 11.5 Å². The van der Waals surface area contributed by atoms with Gasteiger partial charge in [0.15, 0.2) is 10.9 Å². The number of pyridine rings is 1. The fraction of sp³-hybridized carbons (Fsp3) is 0.118. The number of hydrogen-bond acceptors (Lipinski definition) is 5. The first-order valence-electron chi connectivity index (χ1n) is 7.21. The lowest BCUT2D eigenvalue weighted by Crippen LogP contribution is -2.05. The van der Waals surface area contributed by atoms with Crippen molar-refractivity contribution in [2.45, 2.75) is 13.1 Å². The van der Waals surface area contributed by atoms with Crippen LogP contribution in [0.15, 0.2) is 48.8 Å². The van der Waals surface area contributed by atoms with Crippen molar-refractivity contribution < 1.29 is 18.0 Å². The number of alkyl halides is 3. The highest BCUT2D eigenvalue weighted by Gasteiger charge is 2.30. The van der Waals surface area contributed by atoms with Crippen LogP contribution in [0.5, 0.6) is 0 Å². The second kappa shape index (κ2) is 6.64. The predicted molar refractivity (Wildman–Crippen MR) is 90.1 cm³/mol. The second-order valence-electron chi connectivity index (χ2n) is 5.20. The SMILES string of the molecule is CC(=O)c1sc(Nc2cccc(C(F)(F)F)c2)nc1-c1cccnc1. The average molecular weight is 363 g/mol. The van der Waals surface area contributed by atoms with Crippen LogP contribution in [0.3, 0.4) is 0 Å². The number of aromatic nitrogens is 2. The van der Waals surface area contributed by atoms with E-state index in [0.717, 1.165) is 23.5 Å². The number of Topliss-reactive ketones (excluding diaryl/α,β-unsaturated/α-hetero) is 1. The lowest BCUT2D eigenvalue weighted by molar-refractivity contribution is -0.137. The largest absolute Gasteiger partial charge is 0.416 e. The van der Waals surface area contributed by atoms with Crippen LogP contribution in [0.2, 0.25) is 0 Å². The molecule has 128 valence electrons. The van der Waals surface area contributed by atoms with E-state index in [0.29, 0.717) is 21.3 Å². The molecule has 0 fully saturated rings. The molecule has 0 atom stereocenters. The van der Waals surface area contributed by atoms with Gasteiger partial charge in [-0.05, 0) is 30.3 Å². The molecule has 8 heteroatoms. The van der Waals surface area contributed by atoms with Crippen LogP contribution in [0, 0.1) is 0 Å². The number of benzene rings is 1. The quantitative estimate of drug-likeness (QED) is 0.650. The van der Waals surface area contributed by atoms with Crippen LogP contribution in [-0.4, -0.2) is 15.8 Å². The molecular formula is C17H12F3N3OS. The number of nitrogens with zero attached hydrogens (tertiary/aromatic N) is 2. The number of rotatable bonds is 4. The summed E-state index contributed by atoms with van der Waals surface area (Å²) in [6.07, 6.45) is -1.24. The molecule has 0 spiro atoms. The molecule has 3 aromatic rings. The van der Waals surface area contributed by atoms with Gasteiger partial charge >= 0.3 is 6.18 Å². The maximum atomic E-state index is 12.8. The first kappa shape index (κ1) is 17.1. The molecule has 1 aromatic carbocycles. The molecule has 0 radical (unpaired) electrons. The molecule has 2 aromatic heterocycles. The molecule has 0 saturated heterocycles. The van der Waals surface area contributed by atoms with E-state index in [4.69, 9.17) is 0 Å². The van der Waals surface area contributed by atoms with Crippen molar-refractivity contribution in [2.75, 3.05) is 5.32 Å². The van der Waals surface area contributed by atoms with Gasteiger partial charge in [-0.25, -0.2) is 4.98 Å². The zero-order valence-electron chi connectivity index (χ0n) is 13.0. The predicted octanol–water partition coefficient (Wildman–Crippen LogP) is 5.17. The molecule has 0 aliphatic carbocycles. The molecule has 3 rings (SSSR count). The Morgan fingerprint density at radius 3 is 2.64 bits per heavy atom. The molecule has 0 aliphatic heterocycles. The van der Waals surface area contributed by atoms with Crippen LogP contribution in [0.25, 0.3) is 11.3 Å². The summed E-state index contributed by atoms with van der Waals surface area (Å²) >= 11 is 1.09. The molecule has 2 heterocycles. The summed E-state index contributed by atoms with van der Waals surface area (Å²) in [5, 5.41) is 3.17. The number of nitrogens with one attached hydrogen (secondary N) is 1. The number of thiazole rings is 1. The van der Waals surface area contributed by atoms with Crippen molar-refractivity contribution >= 4 is 27.9 Å². The highest BCUT2D eigenvalue weighted by Crippen LogP contribution is 2.34. The van der Waals surface area contributed by atoms with E-state index in [9.17, 15) is 18.0 Å². The van der Waals surface area contributed by atoms with Crippen molar-refractivity contribution in [3.05, 3.63) is 59.2 Å². The van der Waals surface area contributed by atoms with Gasteiger partial charge in [-0.15, -0.1) is 0 Å². The van der Waals surface area contributed by atoms with E-state index in [2.05, 4.69) is 15.3 Å². The van der Waals surface area contributed by atoms with Gasteiger partial charge < -0.3 is 5.32 Å². The van der Waals surface area contributed by atoms with Crippen LogP contribution in [0.1, 0.15) is 22.2 Å². The normalized spacial score (nSPS) is 11.4. The number of halogens is 3. The fourth-order valence-electron chi connectivity index (χ4n) is 2.21. The van der Waals surface area contributed by atoms with Crippen molar-refractivity contribution in [1.82, 2.24) is 9.97 Å². The van der Waals surface area contributed by atoms with Crippen molar-refractivity contribution in [3.63, 3.8) is 0 Å². The Balaban J connectivity index is 1.96. The van der Waals surface area contributed by atoms with Gasteiger partial charge in [-0.2, -0.15) is 13.2 Å². The van der Waals surface area contributed by atoms with E-state index >= 15 is 0 Å². The van der Waals surface area contributed by atoms with Crippen molar-refractivity contribution in [3.8, 4) is 11.3 Å². The Bertz CT molecular complexity index is 907. The summed E-state index contributed by atoms with van der Waals surface area (Å²) in [6, 6.07) is 8.30. The molecule has 4 nitrogen and oxygen atoms in total. The lowest BCUT2D eigenvalue weighted by Gasteiger charge is -2.08. The Morgan fingerprint density at radius 2 is 2.00 bits per heavy atom. The molecule has 0 amide bonds. The molecule has 0 saturated carbocycles. The summed E-state index contributed by atoms with van der Waals surface area (Å²) in [4.78, 5) is 20.6. The zero-order chi connectivity index (χ0) is 18.0. The fourth-order valence-corrected chi connectivity index (χ4v) is 3.11. The van der Waals surface area contributed by atoms with Crippen LogP contribution in [-0.2, 0) is 6.18 Å². The standard InChI is InChI=1S/C17H12F3N3OS/c1-10(24)15-14(11-4-3-7-21-9-11)23-16(25-15)22-13-6-2-5-12(8-13)17(18,19)20/h2-9H,1H3,(H,22,23). The number of anilines is 2. The Hall–Kier alpha value is -2.74. The van der Waals surface area contributed by atoms with Crippen molar-refractivity contribution in [2.24, 2.45) is 0 Å². The van der Waals surface area contributed by atoms with Gasteiger partial charge in [0.1, 0.15) is 0 Å². The first-order valence-corrected chi connectivity index (χ1v) is 8.02. The van der Waals surface area contributed by atoms with Crippen LogP contribution < -0.4 is 5.32 Å². The highest BCUT2D eigenvalue weighted by atomic mass is 32.1. The third-order valence-electron chi connectivity index (χ3n) is 3.32. The summed E-state index contributed by atoms with van der Waals surface area (Å²) in [7, 11) is 0. The van der Waals surface area contributed by atoms with E-state index in [1.54, 1.807) is 24.5 Å². The lowest BCUT2D eigenvalue weighted by atomic mass is 10.1. The molecular weight excluding hydrogens is 351 g/mol. The third-order valence-corrected chi connectivity index (χ3v) is 4.39. The minimum atomic E-state index is -4.42. The maximum absolute atomic E-state index is 12.8. The molecule has 1 N–H and O–H groups in total. The summed E-state index contributed by atoms with van der Waals surface area (Å²) in [6.45, 7) is 1.42. The van der Waals surface area contributed by atoms with Gasteiger partial charge in [0.05, 0.1) is 16.1 Å². The Labute approximate surface area is 145 Å². The third kappa shape index (κ3) is 3.85. The summed E-state index contributed by atoms with van der Waals surface area (Å²) < 4.78 is 38.4. The van der Waals surface area contributed by atoms with Crippen molar-refractivity contribution in [1.29, 1.82) is 0 Å². The number of carbonyl (C=O) groups excluding carboxylic acids is 1. The topological polar surface area (TPSA) is 54.9 Å². The van der Waals surface area contributed by atoms with Gasteiger partial charge in [0.2, 0.25) is 0 Å². The molecule has 0 bridgehead atoms. The van der Waals surface area contributed by atoms with E-state index in [1.165, 1.54) is 19.1 Å². The molecule has 0 aliphatic rings. The molecule has 25 heavy (non-hydrogen) atoms. The van der Waals surface area contributed by atoms with E-state index in [1.807, 2.05) is 0 Å². The second-order valence-corrected chi connectivity index (χ2v) is 6.20. The summed E-state index contributed by atoms with van der Waals surface area (Å²) in [5.41, 5.74) is 0.617. The average Bonchev–Trinajstić information content (AvgIpc) is 2.99. The van der Waals surface area contributed by atoms with Gasteiger partial charge in [-0.1, -0.05) is 17.4 Å². The minimum absolute atomic E-state index is 0.173. The minimum Gasteiger partial charge on any atom is -0.332 e. The van der Waals surface area contributed by atoms with E-state index < -0.39 is 11.7 Å². The number of hydrogen-bond donors (Lipinski definition) is 1. The maximum Gasteiger partial charge on any atom is 0.416 e. The van der Waals surface area contributed by atoms with Crippen LogP contribution in [0.4, 0.5) is 24.0 Å². The highest BCUT2D eigenvalue weighted by molar-refractivity contribution is 7.18. The van der Waals surface area contributed by atoms with Crippen LogP contribution >= 0.6 is 11.3 Å². The molecule has 0 unspecified atom stereocenters. The zero-order valence-corrected chi connectivity index (χ0v) is 13.8. The smallest absolute Gasteiger partial charge is 0.332 e. The van der Waals surface area contributed by atoms with Gasteiger partial charge in [0, 0.05) is 30.6 Å². The summed E-state index contributed by atoms with van der Waals surface area (Å²) in [5.74, 6) is -0.173. The first-order chi connectivity index (χ1) is 11.8. The number of carbonyl (C=O) groups is 1. The monoisotopic (exact) mass is 363 g/mol. The van der Waals surface area contributed by atoms with Gasteiger partial charge in [-0.3, -0.25) is 9.78 Å². The Morgan fingerprint density at radius 1 is 1.20 bits per heavy atom. The Kier molecular flexibility index (Phi) is 4.54. The number of ketones is 1.